The molecule has 0 aliphatic heterocycles. The highest BCUT2D eigenvalue weighted by Crippen LogP contribution is 2.41. The molecule has 0 heterocycles. The van der Waals surface area contributed by atoms with E-state index in [0.717, 1.165) is 5.56 Å². The fourth-order valence-electron chi connectivity index (χ4n) is 1.97. The summed E-state index contributed by atoms with van der Waals surface area (Å²) in [6, 6.07) is 6.42. The SMILES string of the molecule is CN=Nc1c(S(=O)(=O)O)cc2cccc(C)c2c1O. The van der Waals surface area contributed by atoms with Crippen LogP contribution in [0.25, 0.3) is 10.8 Å². The Morgan fingerprint density at radius 3 is 2.53 bits per heavy atom. The highest BCUT2D eigenvalue weighted by atomic mass is 32.2. The summed E-state index contributed by atoms with van der Waals surface area (Å²) in [7, 11) is -3.15. The summed E-state index contributed by atoms with van der Waals surface area (Å²) in [5.74, 6) is -0.311. The van der Waals surface area contributed by atoms with Crippen LogP contribution in [0.3, 0.4) is 0 Å². The van der Waals surface area contributed by atoms with Gasteiger partial charge in [-0.1, -0.05) is 18.2 Å². The lowest BCUT2D eigenvalue weighted by Crippen LogP contribution is -1.99. The molecule has 0 fully saturated rings. The van der Waals surface area contributed by atoms with Gasteiger partial charge < -0.3 is 5.11 Å². The van der Waals surface area contributed by atoms with Crippen molar-refractivity contribution in [2.75, 3.05) is 7.05 Å². The fraction of sp³-hybridized carbons (Fsp3) is 0.167. The van der Waals surface area contributed by atoms with Gasteiger partial charge in [0.1, 0.15) is 10.6 Å². The number of aromatic hydroxyl groups is 1. The fourth-order valence-corrected chi connectivity index (χ4v) is 2.63. The zero-order valence-electron chi connectivity index (χ0n) is 10.3. The maximum absolute atomic E-state index is 11.4. The van der Waals surface area contributed by atoms with Gasteiger partial charge in [-0.15, -0.1) is 0 Å². The average Bonchev–Trinajstić information content (AvgIpc) is 2.31. The van der Waals surface area contributed by atoms with Crippen molar-refractivity contribution in [2.24, 2.45) is 10.2 Å². The van der Waals surface area contributed by atoms with E-state index in [-0.39, 0.29) is 11.4 Å². The van der Waals surface area contributed by atoms with Crippen molar-refractivity contribution in [1.82, 2.24) is 0 Å². The van der Waals surface area contributed by atoms with Gasteiger partial charge >= 0.3 is 0 Å². The average molecular weight is 280 g/mol. The number of phenols is 1. The minimum absolute atomic E-state index is 0.258. The van der Waals surface area contributed by atoms with Crippen LogP contribution in [0.2, 0.25) is 0 Å². The zero-order valence-corrected chi connectivity index (χ0v) is 11.1. The lowest BCUT2D eigenvalue weighted by Gasteiger charge is -2.10. The molecule has 2 N–H and O–H groups in total. The van der Waals surface area contributed by atoms with E-state index in [0.29, 0.717) is 10.8 Å². The van der Waals surface area contributed by atoms with E-state index in [1.54, 1.807) is 25.1 Å². The molecule has 19 heavy (non-hydrogen) atoms. The minimum Gasteiger partial charge on any atom is -0.505 e. The topological polar surface area (TPSA) is 99.3 Å². The summed E-state index contributed by atoms with van der Waals surface area (Å²) < 4.78 is 31.9. The van der Waals surface area contributed by atoms with Gasteiger partial charge in [0.25, 0.3) is 10.1 Å². The summed E-state index contributed by atoms with van der Waals surface area (Å²) in [5, 5.41) is 18.2. The quantitative estimate of drug-likeness (QED) is 0.652. The molecular weight excluding hydrogens is 268 g/mol. The Morgan fingerprint density at radius 2 is 1.95 bits per heavy atom. The van der Waals surface area contributed by atoms with E-state index >= 15 is 0 Å². The Bertz CT molecular complexity index is 782. The van der Waals surface area contributed by atoms with Crippen LogP contribution in [-0.2, 0) is 10.1 Å². The maximum atomic E-state index is 11.4. The summed E-state index contributed by atoms with van der Waals surface area (Å²) in [4.78, 5) is -0.464. The second kappa shape index (κ2) is 4.60. The van der Waals surface area contributed by atoms with Crippen LogP contribution < -0.4 is 0 Å². The van der Waals surface area contributed by atoms with Crippen LogP contribution in [0.15, 0.2) is 39.4 Å². The minimum atomic E-state index is -4.50. The first-order valence-electron chi connectivity index (χ1n) is 5.39. The lowest BCUT2D eigenvalue weighted by molar-refractivity contribution is 0.472. The third-order valence-electron chi connectivity index (χ3n) is 2.76. The molecule has 0 saturated heterocycles. The van der Waals surface area contributed by atoms with E-state index in [4.69, 9.17) is 0 Å². The Morgan fingerprint density at radius 1 is 1.26 bits per heavy atom. The van der Waals surface area contributed by atoms with Gasteiger partial charge in [0.2, 0.25) is 0 Å². The predicted octanol–water partition coefficient (Wildman–Crippen LogP) is 2.81. The highest BCUT2D eigenvalue weighted by Gasteiger charge is 2.22. The van der Waals surface area contributed by atoms with Gasteiger partial charge in [0, 0.05) is 12.4 Å². The number of aryl methyl sites for hydroxylation is 1. The molecule has 6 nitrogen and oxygen atoms in total. The molecule has 0 saturated carbocycles. The van der Waals surface area contributed by atoms with Crippen molar-refractivity contribution >= 4 is 26.6 Å². The Labute approximate surface area is 110 Å². The normalized spacial score (nSPS) is 12.4. The van der Waals surface area contributed by atoms with E-state index in [1.165, 1.54) is 13.1 Å². The van der Waals surface area contributed by atoms with Crippen molar-refractivity contribution in [3.05, 3.63) is 29.8 Å². The summed E-state index contributed by atoms with van der Waals surface area (Å²) >= 11 is 0. The second-order valence-electron chi connectivity index (χ2n) is 4.02. The third-order valence-corrected chi connectivity index (χ3v) is 3.63. The number of azo groups is 1. The predicted molar refractivity (Wildman–Crippen MR) is 70.6 cm³/mol. The maximum Gasteiger partial charge on any atom is 0.296 e. The van der Waals surface area contributed by atoms with E-state index in [9.17, 15) is 18.1 Å². The smallest absolute Gasteiger partial charge is 0.296 e. The van der Waals surface area contributed by atoms with Gasteiger partial charge in [-0.25, -0.2) is 0 Å². The number of benzene rings is 2. The van der Waals surface area contributed by atoms with Crippen LogP contribution in [0.1, 0.15) is 5.56 Å². The van der Waals surface area contributed by atoms with Crippen molar-refractivity contribution in [1.29, 1.82) is 0 Å². The Hall–Kier alpha value is -1.99. The molecular formula is C12H12N2O4S. The molecule has 2 aromatic carbocycles. The van der Waals surface area contributed by atoms with Crippen molar-refractivity contribution in [3.8, 4) is 5.75 Å². The second-order valence-corrected chi connectivity index (χ2v) is 5.41. The van der Waals surface area contributed by atoms with Gasteiger partial charge in [-0.2, -0.15) is 18.6 Å². The number of phenolic OH excluding ortho intramolecular Hbond substituents is 1. The van der Waals surface area contributed by atoms with Crippen LogP contribution in [0.4, 0.5) is 5.69 Å². The molecule has 0 spiro atoms. The first-order chi connectivity index (χ1) is 8.86. The monoisotopic (exact) mass is 280 g/mol. The van der Waals surface area contributed by atoms with E-state index in [1.807, 2.05) is 0 Å². The molecule has 100 valence electrons. The zero-order chi connectivity index (χ0) is 14.2. The van der Waals surface area contributed by atoms with E-state index in [2.05, 4.69) is 10.2 Å². The third kappa shape index (κ3) is 2.29. The Balaban J connectivity index is 3.03. The first-order valence-corrected chi connectivity index (χ1v) is 6.83. The van der Waals surface area contributed by atoms with Crippen LogP contribution in [0.5, 0.6) is 5.75 Å². The van der Waals surface area contributed by atoms with Gasteiger partial charge in [-0.3, -0.25) is 4.55 Å². The number of hydrogen-bond donors (Lipinski definition) is 2. The Kier molecular flexibility index (Phi) is 3.25. The molecule has 0 aliphatic rings. The van der Waals surface area contributed by atoms with Gasteiger partial charge in [0.15, 0.2) is 5.75 Å². The molecule has 2 aromatic rings. The largest absolute Gasteiger partial charge is 0.505 e. The molecule has 0 radical (unpaired) electrons. The molecule has 7 heteroatoms. The summed E-state index contributed by atoms with van der Waals surface area (Å²) in [6.45, 7) is 1.78. The first kappa shape index (κ1) is 13.4. The van der Waals surface area contributed by atoms with E-state index < -0.39 is 15.0 Å². The molecule has 0 aliphatic carbocycles. The van der Waals surface area contributed by atoms with Crippen molar-refractivity contribution in [2.45, 2.75) is 11.8 Å². The molecule has 0 unspecified atom stereocenters. The summed E-state index contributed by atoms with van der Waals surface area (Å²) in [6.07, 6.45) is 0. The van der Waals surface area contributed by atoms with Crippen LogP contribution in [0, 0.1) is 6.92 Å². The molecule has 2 rings (SSSR count). The van der Waals surface area contributed by atoms with Crippen molar-refractivity contribution < 1.29 is 18.1 Å². The molecule has 0 atom stereocenters. The number of hydrogen-bond acceptors (Lipinski definition) is 5. The number of nitrogens with zero attached hydrogens (tertiary/aromatic N) is 2. The van der Waals surface area contributed by atoms with Crippen molar-refractivity contribution in [3.63, 3.8) is 0 Å². The molecule has 0 bridgehead atoms. The number of rotatable bonds is 2. The molecule has 0 aromatic heterocycles. The summed E-state index contributed by atoms with van der Waals surface area (Å²) in [5.41, 5.74) is 0.510. The lowest BCUT2D eigenvalue weighted by atomic mass is 10.0. The molecule has 0 amide bonds. The number of fused-ring (bicyclic) bond motifs is 1. The highest BCUT2D eigenvalue weighted by molar-refractivity contribution is 7.86. The van der Waals surface area contributed by atoms with Crippen LogP contribution in [-0.4, -0.2) is 25.1 Å². The van der Waals surface area contributed by atoms with Crippen LogP contribution >= 0.6 is 0 Å². The van der Waals surface area contributed by atoms with Gasteiger partial charge in [-0.05, 0) is 23.9 Å². The van der Waals surface area contributed by atoms with Gasteiger partial charge in [0.05, 0.1) is 0 Å². The standard InChI is InChI=1S/C12H12N2O4S/c1-7-4-3-5-8-6-9(19(16,17)18)11(14-13-2)12(15)10(7)8/h3-6,15H,1-2H3,(H,16,17,18).